The number of amides is 1. The van der Waals surface area contributed by atoms with Crippen molar-refractivity contribution in [3.8, 4) is 0 Å². The van der Waals surface area contributed by atoms with Gasteiger partial charge in [-0.1, -0.05) is 6.07 Å². The molecule has 0 unspecified atom stereocenters. The zero-order valence-electron chi connectivity index (χ0n) is 12.3. The fourth-order valence-electron chi connectivity index (χ4n) is 2.08. The minimum absolute atomic E-state index is 0.0142. The third-order valence-corrected chi connectivity index (χ3v) is 6.26. The first-order chi connectivity index (χ1) is 10.4. The molecule has 1 aromatic rings. The van der Waals surface area contributed by atoms with Crippen LogP contribution in [-0.4, -0.2) is 55.5 Å². The second kappa shape index (κ2) is 7.43. The summed E-state index contributed by atoms with van der Waals surface area (Å²) in [6.45, 7) is 2.66. The van der Waals surface area contributed by atoms with E-state index in [1.165, 1.54) is 16.4 Å². The lowest BCUT2D eigenvalue weighted by atomic mass is 10.1. The molecule has 1 fully saturated rings. The number of benzene rings is 1. The molecule has 1 heterocycles. The third-order valence-electron chi connectivity index (χ3n) is 3.44. The summed E-state index contributed by atoms with van der Waals surface area (Å²) in [5, 5.41) is 2.52. The average Bonchev–Trinajstić information content (AvgIpc) is 2.50. The van der Waals surface area contributed by atoms with Crippen LogP contribution < -0.4 is 5.32 Å². The van der Waals surface area contributed by atoms with E-state index >= 15 is 0 Å². The molecule has 0 saturated carbocycles. The quantitative estimate of drug-likeness (QED) is 0.871. The molecule has 0 aliphatic carbocycles. The minimum Gasteiger partial charge on any atom is -0.351 e. The van der Waals surface area contributed by atoms with Crippen LogP contribution in [0.3, 0.4) is 0 Å². The summed E-state index contributed by atoms with van der Waals surface area (Å²) in [6, 6.07) is 4.19. The van der Waals surface area contributed by atoms with Crippen molar-refractivity contribution >= 4 is 27.7 Å². The first kappa shape index (κ1) is 17.2. The maximum Gasteiger partial charge on any atom is 0.251 e. The Labute approximate surface area is 134 Å². The lowest BCUT2D eigenvalue weighted by Crippen LogP contribution is -2.41. The van der Waals surface area contributed by atoms with Gasteiger partial charge in [-0.25, -0.2) is 17.1 Å². The largest absolute Gasteiger partial charge is 0.351 e. The van der Waals surface area contributed by atoms with Crippen LogP contribution in [0.5, 0.6) is 0 Å². The van der Waals surface area contributed by atoms with Crippen molar-refractivity contribution in [1.82, 2.24) is 9.62 Å². The fourth-order valence-corrected chi connectivity index (χ4v) is 4.57. The van der Waals surface area contributed by atoms with Gasteiger partial charge in [-0.2, -0.15) is 11.8 Å². The van der Waals surface area contributed by atoms with Crippen molar-refractivity contribution < 1.29 is 17.6 Å². The Morgan fingerprint density at radius 1 is 1.36 bits per heavy atom. The molecule has 8 heteroatoms. The van der Waals surface area contributed by atoms with Crippen molar-refractivity contribution in [3.63, 3.8) is 0 Å². The van der Waals surface area contributed by atoms with Crippen LogP contribution in [0.25, 0.3) is 0 Å². The molecule has 2 rings (SSSR count). The van der Waals surface area contributed by atoms with Gasteiger partial charge in [-0.3, -0.25) is 4.79 Å². The number of carbonyl (C=O) groups excluding carboxylic acids is 1. The highest BCUT2D eigenvalue weighted by Crippen LogP contribution is 2.13. The van der Waals surface area contributed by atoms with Gasteiger partial charge in [0.2, 0.25) is 10.0 Å². The lowest BCUT2D eigenvalue weighted by Gasteiger charge is -2.25. The summed E-state index contributed by atoms with van der Waals surface area (Å²) in [4.78, 5) is 11.9. The average molecular weight is 346 g/mol. The number of nitrogens with zero attached hydrogens (tertiary/aromatic N) is 1. The maximum atomic E-state index is 13.4. The molecule has 1 N–H and O–H groups in total. The standard InChI is InChI=1S/C14H19FN2O3S2/c1-11-2-3-12(10-13(11)15)14(18)16-4-9-22(19,20)17-5-7-21-8-6-17/h2-3,10H,4-9H2,1H3,(H,16,18). The number of aryl methyl sites for hydroxylation is 1. The number of carbonyl (C=O) groups is 1. The smallest absolute Gasteiger partial charge is 0.251 e. The highest BCUT2D eigenvalue weighted by atomic mass is 32.2. The fraction of sp³-hybridized carbons (Fsp3) is 0.500. The second-order valence-corrected chi connectivity index (χ2v) is 8.36. The molecule has 0 atom stereocenters. The van der Waals surface area contributed by atoms with Gasteiger partial charge >= 0.3 is 0 Å². The van der Waals surface area contributed by atoms with Crippen molar-refractivity contribution in [1.29, 1.82) is 0 Å². The van der Waals surface area contributed by atoms with Crippen molar-refractivity contribution in [2.75, 3.05) is 36.9 Å². The highest BCUT2D eigenvalue weighted by Gasteiger charge is 2.23. The molecule has 22 heavy (non-hydrogen) atoms. The summed E-state index contributed by atoms with van der Waals surface area (Å²) >= 11 is 1.73. The summed E-state index contributed by atoms with van der Waals surface area (Å²) in [6.07, 6.45) is 0. The van der Waals surface area contributed by atoms with Gasteiger partial charge in [0.1, 0.15) is 5.82 Å². The van der Waals surface area contributed by atoms with Gasteiger partial charge in [0.15, 0.2) is 0 Å². The van der Waals surface area contributed by atoms with Crippen molar-refractivity contribution in [2.45, 2.75) is 6.92 Å². The Hall–Kier alpha value is -1.12. The molecule has 1 saturated heterocycles. The van der Waals surface area contributed by atoms with Crippen LogP contribution in [-0.2, 0) is 10.0 Å². The summed E-state index contributed by atoms with van der Waals surface area (Å²) in [5.74, 6) is 0.537. The first-order valence-electron chi connectivity index (χ1n) is 7.00. The van der Waals surface area contributed by atoms with E-state index in [-0.39, 0.29) is 17.9 Å². The molecule has 5 nitrogen and oxygen atoms in total. The molecular formula is C14H19FN2O3S2. The zero-order chi connectivity index (χ0) is 16.2. The van der Waals surface area contributed by atoms with Crippen LogP contribution in [0.4, 0.5) is 4.39 Å². The van der Waals surface area contributed by atoms with Gasteiger partial charge in [0.25, 0.3) is 5.91 Å². The van der Waals surface area contributed by atoms with E-state index in [1.54, 1.807) is 18.7 Å². The Bertz CT molecular complexity index is 643. The van der Waals surface area contributed by atoms with Gasteiger partial charge in [0.05, 0.1) is 5.75 Å². The normalized spacial score (nSPS) is 16.5. The van der Waals surface area contributed by atoms with E-state index < -0.39 is 21.7 Å². The summed E-state index contributed by atoms with van der Waals surface area (Å²) < 4.78 is 39.1. The predicted molar refractivity (Wildman–Crippen MR) is 86.2 cm³/mol. The Morgan fingerprint density at radius 2 is 2.05 bits per heavy atom. The topological polar surface area (TPSA) is 66.5 Å². The van der Waals surface area contributed by atoms with Gasteiger partial charge in [-0.05, 0) is 24.6 Å². The Morgan fingerprint density at radius 3 is 2.68 bits per heavy atom. The van der Waals surface area contributed by atoms with E-state index in [2.05, 4.69) is 5.32 Å². The number of nitrogens with one attached hydrogen (secondary N) is 1. The second-order valence-electron chi connectivity index (χ2n) is 5.05. The van der Waals surface area contributed by atoms with E-state index in [0.717, 1.165) is 17.6 Å². The number of rotatable bonds is 5. The first-order valence-corrected chi connectivity index (χ1v) is 9.76. The number of thioether (sulfide) groups is 1. The molecule has 122 valence electrons. The van der Waals surface area contributed by atoms with E-state index in [4.69, 9.17) is 0 Å². The molecule has 1 aliphatic heterocycles. The molecule has 0 bridgehead atoms. The number of halogens is 1. The van der Waals surface area contributed by atoms with E-state index in [1.807, 2.05) is 0 Å². The zero-order valence-corrected chi connectivity index (χ0v) is 14.0. The maximum absolute atomic E-state index is 13.4. The lowest BCUT2D eigenvalue weighted by molar-refractivity contribution is 0.0955. The number of sulfonamides is 1. The van der Waals surface area contributed by atoms with E-state index in [9.17, 15) is 17.6 Å². The van der Waals surface area contributed by atoms with Crippen LogP contribution >= 0.6 is 11.8 Å². The monoisotopic (exact) mass is 346 g/mol. The SMILES string of the molecule is Cc1ccc(C(=O)NCCS(=O)(=O)N2CCSCC2)cc1F. The number of hydrogen-bond donors (Lipinski definition) is 1. The molecule has 0 radical (unpaired) electrons. The predicted octanol–water partition coefficient (Wildman–Crippen LogP) is 1.24. The molecule has 1 amide bonds. The molecule has 0 aromatic heterocycles. The Balaban J connectivity index is 1.87. The van der Waals surface area contributed by atoms with Gasteiger partial charge < -0.3 is 5.32 Å². The number of hydrogen-bond acceptors (Lipinski definition) is 4. The third kappa shape index (κ3) is 4.44. The summed E-state index contributed by atoms with van der Waals surface area (Å²) in [5.41, 5.74) is 0.650. The van der Waals surface area contributed by atoms with Crippen LogP contribution in [0.2, 0.25) is 0 Å². The molecular weight excluding hydrogens is 327 g/mol. The van der Waals surface area contributed by atoms with Gasteiger partial charge in [0, 0.05) is 36.7 Å². The van der Waals surface area contributed by atoms with Gasteiger partial charge in [-0.15, -0.1) is 0 Å². The summed E-state index contributed by atoms with van der Waals surface area (Å²) in [7, 11) is -3.34. The Kier molecular flexibility index (Phi) is 5.82. The van der Waals surface area contributed by atoms with Crippen LogP contribution in [0, 0.1) is 12.7 Å². The minimum atomic E-state index is -3.34. The highest BCUT2D eigenvalue weighted by molar-refractivity contribution is 7.99. The van der Waals surface area contributed by atoms with Crippen LogP contribution in [0.1, 0.15) is 15.9 Å². The van der Waals surface area contributed by atoms with Crippen molar-refractivity contribution in [3.05, 3.63) is 35.1 Å². The molecule has 1 aliphatic rings. The van der Waals surface area contributed by atoms with E-state index in [0.29, 0.717) is 18.7 Å². The molecule has 0 spiro atoms. The molecule has 1 aromatic carbocycles. The van der Waals surface area contributed by atoms with Crippen LogP contribution in [0.15, 0.2) is 18.2 Å². The van der Waals surface area contributed by atoms with Crippen molar-refractivity contribution in [2.24, 2.45) is 0 Å².